The molecule has 0 bridgehead atoms. The number of imide groups is 1. The molecule has 0 spiro atoms. The highest BCUT2D eigenvalue weighted by molar-refractivity contribution is 6.30. The highest BCUT2D eigenvalue weighted by atomic mass is 35.5. The van der Waals surface area contributed by atoms with Gasteiger partial charge >= 0.3 is 6.03 Å². The van der Waals surface area contributed by atoms with Crippen molar-refractivity contribution in [3.8, 4) is 5.75 Å². The molecule has 5 nitrogen and oxygen atoms in total. The van der Waals surface area contributed by atoms with Crippen LogP contribution in [0.15, 0.2) is 60.7 Å². The van der Waals surface area contributed by atoms with Crippen LogP contribution < -0.4 is 10.1 Å². The first-order valence-electron chi connectivity index (χ1n) is 8.56. The Bertz CT molecular complexity index is 877. The quantitative estimate of drug-likeness (QED) is 0.598. The molecule has 3 rings (SSSR count). The average molecular weight is 385 g/mol. The van der Waals surface area contributed by atoms with Crippen LogP contribution in [-0.2, 0) is 16.9 Å². The number of nitrogens with zero attached hydrogens (tertiary/aromatic N) is 1. The SMILES string of the molecule is C=C(C)COc1ccc(C2(C)NC(=O)N(Cc3ccc(Cl)cc3)C2=O)cc1. The predicted octanol–water partition coefficient (Wildman–Crippen LogP) is 4.26. The normalized spacial score (nSPS) is 19.1. The van der Waals surface area contributed by atoms with Crippen LogP contribution in [0, 0.1) is 0 Å². The highest BCUT2D eigenvalue weighted by Crippen LogP contribution is 2.31. The van der Waals surface area contributed by atoms with E-state index in [1.165, 1.54) is 4.90 Å². The molecule has 140 valence electrons. The second kappa shape index (κ2) is 7.45. The lowest BCUT2D eigenvalue weighted by Crippen LogP contribution is -2.40. The van der Waals surface area contributed by atoms with Crippen LogP contribution in [0.1, 0.15) is 25.0 Å². The molecule has 1 fully saturated rings. The molecule has 2 aromatic carbocycles. The Labute approximate surface area is 163 Å². The Kier molecular flexibility index (Phi) is 5.24. The molecule has 1 unspecified atom stereocenters. The van der Waals surface area contributed by atoms with Gasteiger partial charge in [0.15, 0.2) is 0 Å². The third-order valence-corrected chi connectivity index (χ3v) is 4.70. The van der Waals surface area contributed by atoms with Gasteiger partial charge in [0.05, 0.1) is 6.54 Å². The molecule has 0 radical (unpaired) electrons. The van der Waals surface area contributed by atoms with Gasteiger partial charge in [-0.25, -0.2) is 4.79 Å². The minimum Gasteiger partial charge on any atom is -0.489 e. The van der Waals surface area contributed by atoms with Crippen molar-refractivity contribution in [2.75, 3.05) is 6.61 Å². The van der Waals surface area contributed by atoms with Gasteiger partial charge in [-0.15, -0.1) is 0 Å². The van der Waals surface area contributed by atoms with Crippen LogP contribution in [0.3, 0.4) is 0 Å². The van der Waals surface area contributed by atoms with Gasteiger partial charge in [-0.1, -0.05) is 42.4 Å². The third kappa shape index (κ3) is 3.98. The molecular formula is C21H21ClN2O3. The molecule has 1 atom stereocenters. The minimum absolute atomic E-state index is 0.192. The van der Waals surface area contributed by atoms with Crippen LogP contribution in [0.25, 0.3) is 0 Å². The molecule has 0 saturated carbocycles. The van der Waals surface area contributed by atoms with E-state index in [4.69, 9.17) is 16.3 Å². The van der Waals surface area contributed by atoms with E-state index in [-0.39, 0.29) is 12.5 Å². The van der Waals surface area contributed by atoms with Gasteiger partial charge in [0.1, 0.15) is 17.9 Å². The maximum absolute atomic E-state index is 13.0. The molecular weight excluding hydrogens is 364 g/mol. The first-order chi connectivity index (χ1) is 12.8. The summed E-state index contributed by atoms with van der Waals surface area (Å²) in [6.07, 6.45) is 0. The standard InChI is InChI=1S/C21H21ClN2O3/c1-14(2)13-27-18-10-6-16(7-11-18)21(3)19(25)24(20(26)23-21)12-15-4-8-17(22)9-5-15/h4-11H,1,12-13H2,2-3H3,(H,23,26). The number of rotatable bonds is 6. The number of hydrogen-bond donors (Lipinski definition) is 1. The molecule has 3 amide bonds. The molecule has 6 heteroatoms. The van der Waals surface area contributed by atoms with Crippen LogP contribution >= 0.6 is 11.6 Å². The van der Waals surface area contributed by atoms with Crippen molar-refractivity contribution < 1.29 is 14.3 Å². The fourth-order valence-corrected chi connectivity index (χ4v) is 3.03. The molecule has 1 aliphatic heterocycles. The van der Waals surface area contributed by atoms with E-state index in [1.54, 1.807) is 55.5 Å². The van der Waals surface area contributed by atoms with Gasteiger partial charge in [0.2, 0.25) is 0 Å². The van der Waals surface area contributed by atoms with Crippen molar-refractivity contribution in [1.29, 1.82) is 0 Å². The number of benzene rings is 2. The zero-order valence-electron chi connectivity index (χ0n) is 15.3. The summed E-state index contributed by atoms with van der Waals surface area (Å²) in [6, 6.07) is 13.8. The van der Waals surface area contributed by atoms with Crippen LogP contribution in [-0.4, -0.2) is 23.4 Å². The van der Waals surface area contributed by atoms with Gasteiger partial charge in [-0.2, -0.15) is 0 Å². The fourth-order valence-electron chi connectivity index (χ4n) is 2.90. The summed E-state index contributed by atoms with van der Waals surface area (Å²) in [7, 11) is 0. The molecule has 0 aliphatic carbocycles. The van der Waals surface area contributed by atoms with Crippen molar-refractivity contribution in [1.82, 2.24) is 10.2 Å². The Morgan fingerprint density at radius 2 is 1.78 bits per heavy atom. The molecule has 1 aliphatic rings. The van der Waals surface area contributed by atoms with E-state index in [0.717, 1.165) is 11.1 Å². The second-order valence-electron chi connectivity index (χ2n) is 6.84. The Balaban J connectivity index is 1.77. The molecule has 2 aromatic rings. The maximum Gasteiger partial charge on any atom is 0.325 e. The maximum atomic E-state index is 13.0. The third-order valence-electron chi connectivity index (χ3n) is 4.45. The van der Waals surface area contributed by atoms with Gasteiger partial charge < -0.3 is 10.1 Å². The monoisotopic (exact) mass is 384 g/mol. The number of hydrogen-bond acceptors (Lipinski definition) is 3. The average Bonchev–Trinajstić information content (AvgIpc) is 2.86. The first kappa shape index (κ1) is 19.0. The number of nitrogens with one attached hydrogen (secondary N) is 1. The van der Waals surface area contributed by atoms with Crippen LogP contribution in [0.5, 0.6) is 5.75 Å². The van der Waals surface area contributed by atoms with Crippen molar-refractivity contribution in [2.24, 2.45) is 0 Å². The lowest BCUT2D eigenvalue weighted by atomic mass is 9.92. The smallest absolute Gasteiger partial charge is 0.325 e. The van der Waals surface area contributed by atoms with E-state index in [0.29, 0.717) is 22.9 Å². The fraction of sp³-hybridized carbons (Fsp3) is 0.238. The summed E-state index contributed by atoms with van der Waals surface area (Å²) in [5.41, 5.74) is 1.33. The van der Waals surface area contributed by atoms with Gasteiger partial charge in [0.25, 0.3) is 5.91 Å². The van der Waals surface area contributed by atoms with Crippen molar-refractivity contribution in [3.63, 3.8) is 0 Å². The summed E-state index contributed by atoms with van der Waals surface area (Å²) in [5.74, 6) is 0.387. The molecule has 27 heavy (non-hydrogen) atoms. The topological polar surface area (TPSA) is 58.6 Å². The summed E-state index contributed by atoms with van der Waals surface area (Å²) >= 11 is 5.89. The number of urea groups is 1. The Morgan fingerprint density at radius 3 is 2.37 bits per heavy atom. The van der Waals surface area contributed by atoms with E-state index < -0.39 is 11.6 Å². The van der Waals surface area contributed by atoms with Gasteiger partial charge in [-0.05, 0) is 54.8 Å². The summed E-state index contributed by atoms with van der Waals surface area (Å²) in [5, 5.41) is 3.41. The summed E-state index contributed by atoms with van der Waals surface area (Å²) in [6.45, 7) is 8.01. The number of carbonyl (C=O) groups is 2. The van der Waals surface area contributed by atoms with E-state index >= 15 is 0 Å². The number of carbonyl (C=O) groups excluding carboxylic acids is 2. The molecule has 1 heterocycles. The minimum atomic E-state index is -1.11. The zero-order chi connectivity index (χ0) is 19.6. The summed E-state index contributed by atoms with van der Waals surface area (Å²) in [4.78, 5) is 26.6. The van der Waals surface area contributed by atoms with Crippen molar-refractivity contribution in [2.45, 2.75) is 25.9 Å². The van der Waals surface area contributed by atoms with Gasteiger partial charge in [-0.3, -0.25) is 9.69 Å². The number of amides is 3. The zero-order valence-corrected chi connectivity index (χ0v) is 16.0. The predicted molar refractivity (Wildman–Crippen MR) is 105 cm³/mol. The Morgan fingerprint density at radius 1 is 1.15 bits per heavy atom. The molecule has 1 saturated heterocycles. The second-order valence-corrected chi connectivity index (χ2v) is 7.28. The van der Waals surface area contributed by atoms with Crippen LogP contribution in [0.2, 0.25) is 5.02 Å². The lowest BCUT2D eigenvalue weighted by Gasteiger charge is -2.22. The van der Waals surface area contributed by atoms with E-state index in [1.807, 2.05) is 6.92 Å². The van der Waals surface area contributed by atoms with Crippen molar-refractivity contribution >= 4 is 23.5 Å². The van der Waals surface area contributed by atoms with E-state index in [2.05, 4.69) is 11.9 Å². The van der Waals surface area contributed by atoms with Crippen molar-refractivity contribution in [3.05, 3.63) is 76.8 Å². The largest absolute Gasteiger partial charge is 0.489 e. The molecule has 0 aromatic heterocycles. The van der Waals surface area contributed by atoms with Crippen LogP contribution in [0.4, 0.5) is 4.79 Å². The molecule has 1 N–H and O–H groups in total. The summed E-state index contributed by atoms with van der Waals surface area (Å²) < 4.78 is 5.58. The Hall–Kier alpha value is -2.79. The number of halogens is 1. The highest BCUT2D eigenvalue weighted by Gasteiger charge is 2.48. The van der Waals surface area contributed by atoms with Gasteiger partial charge in [0, 0.05) is 5.02 Å². The van der Waals surface area contributed by atoms with E-state index in [9.17, 15) is 9.59 Å². The first-order valence-corrected chi connectivity index (χ1v) is 8.93. The number of ether oxygens (including phenoxy) is 1. The lowest BCUT2D eigenvalue weighted by molar-refractivity contribution is -0.131.